The van der Waals surface area contributed by atoms with Gasteiger partial charge in [0.05, 0.1) is 11.6 Å². The van der Waals surface area contributed by atoms with Gasteiger partial charge >= 0.3 is 0 Å². The zero-order valence-electron chi connectivity index (χ0n) is 8.96. The fourth-order valence-corrected chi connectivity index (χ4v) is 2.59. The van der Waals surface area contributed by atoms with Gasteiger partial charge in [0, 0.05) is 18.4 Å². The summed E-state index contributed by atoms with van der Waals surface area (Å²) < 4.78 is 2.45. The first-order chi connectivity index (χ1) is 6.68. The lowest BCUT2D eigenvalue weighted by Crippen LogP contribution is -2.46. The van der Waals surface area contributed by atoms with Crippen molar-refractivity contribution in [2.24, 2.45) is 5.92 Å². The summed E-state index contributed by atoms with van der Waals surface area (Å²) in [5, 5.41) is 3.69. The lowest BCUT2D eigenvalue weighted by atomic mass is 9.97. The minimum atomic E-state index is 0.240. The first-order valence-corrected chi connectivity index (χ1v) is 5.60. The van der Waals surface area contributed by atoms with Crippen molar-refractivity contribution in [3.05, 3.63) is 24.0 Å². The zero-order chi connectivity index (χ0) is 9.76. The molecule has 76 valence electrons. The minimum absolute atomic E-state index is 0.240. The van der Waals surface area contributed by atoms with Crippen molar-refractivity contribution in [1.29, 1.82) is 0 Å². The standard InChI is InChI=1S/C12H18N2/c1-12(2)8-13-11(9-5-6-9)10-4-3-7-14(10)12/h3-4,7,9,11,13H,5-6,8H2,1-2H3/t11-/m0/s1. The molecule has 1 atom stereocenters. The number of fused-ring (bicyclic) bond motifs is 1. The van der Waals surface area contributed by atoms with E-state index < -0.39 is 0 Å². The Bertz CT molecular complexity index is 347. The second-order valence-corrected chi connectivity index (χ2v) is 5.31. The molecule has 0 saturated heterocycles. The number of hydrogen-bond acceptors (Lipinski definition) is 1. The maximum atomic E-state index is 3.69. The third-order valence-electron chi connectivity index (χ3n) is 3.60. The molecule has 3 rings (SSSR count). The monoisotopic (exact) mass is 190 g/mol. The maximum absolute atomic E-state index is 3.69. The molecule has 0 unspecified atom stereocenters. The molecule has 1 aliphatic carbocycles. The Kier molecular flexibility index (Phi) is 1.61. The third-order valence-corrected chi connectivity index (χ3v) is 3.60. The summed E-state index contributed by atoms with van der Waals surface area (Å²) in [4.78, 5) is 0. The topological polar surface area (TPSA) is 17.0 Å². The number of aromatic nitrogens is 1. The van der Waals surface area contributed by atoms with Crippen LogP contribution in [0.2, 0.25) is 0 Å². The van der Waals surface area contributed by atoms with Gasteiger partial charge in [0.2, 0.25) is 0 Å². The lowest BCUT2D eigenvalue weighted by Gasteiger charge is -2.38. The van der Waals surface area contributed by atoms with Gasteiger partial charge in [-0.05, 0) is 44.7 Å². The summed E-state index contributed by atoms with van der Waals surface area (Å²) in [5.41, 5.74) is 1.73. The second kappa shape index (κ2) is 2.63. The van der Waals surface area contributed by atoms with Gasteiger partial charge in [-0.1, -0.05) is 0 Å². The highest BCUT2D eigenvalue weighted by atomic mass is 15.2. The second-order valence-electron chi connectivity index (χ2n) is 5.31. The Morgan fingerprint density at radius 3 is 2.93 bits per heavy atom. The average Bonchev–Trinajstić information content (AvgIpc) is 2.81. The van der Waals surface area contributed by atoms with Crippen LogP contribution in [-0.4, -0.2) is 11.1 Å². The predicted octanol–water partition coefficient (Wildman–Crippen LogP) is 2.28. The number of hydrogen-bond donors (Lipinski definition) is 1. The van der Waals surface area contributed by atoms with Crippen LogP contribution in [0.1, 0.15) is 38.4 Å². The first kappa shape index (κ1) is 8.54. The summed E-state index contributed by atoms with van der Waals surface area (Å²) in [5.74, 6) is 0.903. The lowest BCUT2D eigenvalue weighted by molar-refractivity contribution is 0.247. The van der Waals surface area contributed by atoms with Crippen LogP contribution in [0.4, 0.5) is 0 Å². The SMILES string of the molecule is CC1(C)CN[C@@H](C2CC2)c2cccn21. The van der Waals surface area contributed by atoms with Gasteiger partial charge < -0.3 is 9.88 Å². The Hall–Kier alpha value is -0.760. The molecule has 2 nitrogen and oxygen atoms in total. The van der Waals surface area contributed by atoms with Crippen LogP contribution < -0.4 is 5.32 Å². The normalized spacial score (nSPS) is 30.0. The molecular weight excluding hydrogens is 172 g/mol. The molecule has 1 aliphatic heterocycles. The molecule has 1 aromatic heterocycles. The number of nitrogens with one attached hydrogen (secondary N) is 1. The first-order valence-electron chi connectivity index (χ1n) is 5.60. The van der Waals surface area contributed by atoms with Gasteiger partial charge in [-0.3, -0.25) is 0 Å². The largest absolute Gasteiger partial charge is 0.343 e. The van der Waals surface area contributed by atoms with Gasteiger partial charge in [0.25, 0.3) is 0 Å². The van der Waals surface area contributed by atoms with Crippen molar-refractivity contribution in [2.45, 2.75) is 38.3 Å². The van der Waals surface area contributed by atoms with Crippen LogP contribution in [0.15, 0.2) is 18.3 Å². The van der Waals surface area contributed by atoms with E-state index in [4.69, 9.17) is 0 Å². The molecule has 0 bridgehead atoms. The quantitative estimate of drug-likeness (QED) is 0.719. The van der Waals surface area contributed by atoms with Crippen molar-refractivity contribution >= 4 is 0 Å². The summed E-state index contributed by atoms with van der Waals surface area (Å²) in [6.45, 7) is 5.69. The highest BCUT2D eigenvalue weighted by molar-refractivity contribution is 5.20. The Morgan fingerprint density at radius 1 is 1.43 bits per heavy atom. The zero-order valence-corrected chi connectivity index (χ0v) is 8.96. The molecule has 1 saturated carbocycles. The molecule has 0 aromatic carbocycles. The van der Waals surface area contributed by atoms with Gasteiger partial charge in [0.15, 0.2) is 0 Å². The molecule has 14 heavy (non-hydrogen) atoms. The van der Waals surface area contributed by atoms with Crippen molar-refractivity contribution < 1.29 is 0 Å². The van der Waals surface area contributed by atoms with E-state index in [9.17, 15) is 0 Å². The summed E-state index contributed by atoms with van der Waals surface area (Å²) >= 11 is 0. The van der Waals surface area contributed by atoms with Crippen molar-refractivity contribution in [2.75, 3.05) is 6.54 Å². The summed E-state index contributed by atoms with van der Waals surface area (Å²) in [7, 11) is 0. The van der Waals surface area contributed by atoms with E-state index in [0.29, 0.717) is 6.04 Å². The Morgan fingerprint density at radius 2 is 2.21 bits per heavy atom. The molecule has 1 fully saturated rings. The molecular formula is C12H18N2. The molecule has 0 spiro atoms. The van der Waals surface area contributed by atoms with Crippen LogP contribution in [-0.2, 0) is 5.54 Å². The van der Waals surface area contributed by atoms with Gasteiger partial charge in [0.1, 0.15) is 0 Å². The molecule has 2 heterocycles. The molecule has 1 aromatic rings. The van der Waals surface area contributed by atoms with E-state index in [1.54, 1.807) is 0 Å². The van der Waals surface area contributed by atoms with Gasteiger partial charge in [-0.2, -0.15) is 0 Å². The summed E-state index contributed by atoms with van der Waals surface area (Å²) in [6.07, 6.45) is 5.04. The van der Waals surface area contributed by atoms with E-state index >= 15 is 0 Å². The summed E-state index contributed by atoms with van der Waals surface area (Å²) in [6, 6.07) is 5.08. The Labute approximate surface area is 85.3 Å². The van der Waals surface area contributed by atoms with E-state index in [1.807, 2.05) is 0 Å². The average molecular weight is 190 g/mol. The number of rotatable bonds is 1. The smallest absolute Gasteiger partial charge is 0.0511 e. The van der Waals surface area contributed by atoms with E-state index in [0.717, 1.165) is 12.5 Å². The number of nitrogens with zero attached hydrogens (tertiary/aromatic N) is 1. The Balaban J connectivity index is 2.03. The van der Waals surface area contributed by atoms with E-state index in [-0.39, 0.29) is 5.54 Å². The van der Waals surface area contributed by atoms with Crippen molar-refractivity contribution in [1.82, 2.24) is 9.88 Å². The highest BCUT2D eigenvalue weighted by Gasteiger charge is 2.39. The van der Waals surface area contributed by atoms with Crippen LogP contribution in [0.5, 0.6) is 0 Å². The molecule has 0 radical (unpaired) electrons. The molecule has 2 aliphatic rings. The van der Waals surface area contributed by atoms with Crippen LogP contribution >= 0.6 is 0 Å². The highest BCUT2D eigenvalue weighted by Crippen LogP contribution is 2.43. The third kappa shape index (κ3) is 1.13. The molecule has 0 amide bonds. The van der Waals surface area contributed by atoms with Crippen molar-refractivity contribution in [3.8, 4) is 0 Å². The van der Waals surface area contributed by atoms with Crippen LogP contribution in [0.25, 0.3) is 0 Å². The minimum Gasteiger partial charge on any atom is -0.343 e. The van der Waals surface area contributed by atoms with E-state index in [2.05, 4.69) is 42.1 Å². The fourth-order valence-electron chi connectivity index (χ4n) is 2.59. The van der Waals surface area contributed by atoms with Crippen molar-refractivity contribution in [3.63, 3.8) is 0 Å². The fraction of sp³-hybridized carbons (Fsp3) is 0.667. The van der Waals surface area contributed by atoms with Crippen LogP contribution in [0, 0.1) is 5.92 Å². The maximum Gasteiger partial charge on any atom is 0.0511 e. The van der Waals surface area contributed by atoms with E-state index in [1.165, 1.54) is 18.5 Å². The van der Waals surface area contributed by atoms with Crippen LogP contribution in [0.3, 0.4) is 0 Å². The van der Waals surface area contributed by atoms with Gasteiger partial charge in [-0.25, -0.2) is 0 Å². The predicted molar refractivity (Wildman–Crippen MR) is 57.2 cm³/mol. The van der Waals surface area contributed by atoms with Gasteiger partial charge in [-0.15, -0.1) is 0 Å². The molecule has 1 N–H and O–H groups in total. The molecule has 2 heteroatoms.